The normalized spacial score (nSPS) is 15.8. The Morgan fingerprint density at radius 3 is 1.13 bits per heavy atom. The Bertz CT molecular complexity index is 1320. The maximum atomic E-state index is 9.48. The molecule has 0 aromatic heterocycles. The van der Waals surface area contributed by atoms with Crippen LogP contribution in [0.5, 0.6) is 0 Å². The number of nitrogens with two attached hydrogens (primary N) is 4. The predicted molar refractivity (Wildman–Crippen MR) is 302 cm³/mol. The van der Waals surface area contributed by atoms with E-state index in [1.54, 1.807) is 36.5 Å². The molecule has 0 bridgehead atoms. The number of rotatable bonds is 39. The zero-order chi connectivity index (χ0) is 52.6. The first-order valence-corrected chi connectivity index (χ1v) is 26.4. The number of hydrogen-bond acceptors (Lipinski definition) is 12. The molecule has 0 amide bonds. The monoisotopic (exact) mass is 993 g/mol. The van der Waals surface area contributed by atoms with Gasteiger partial charge in [0.05, 0.1) is 75.0 Å². The maximum Gasteiger partial charge on any atom is 0.0897 e. The lowest BCUT2D eigenvalue weighted by Gasteiger charge is -2.11. The summed E-state index contributed by atoms with van der Waals surface area (Å²) in [7, 11) is 0. The lowest BCUT2D eigenvalue weighted by Crippen LogP contribution is -2.36. The number of unbranched alkanes of at least 4 members (excludes halogenated alkanes) is 15. The van der Waals surface area contributed by atoms with Gasteiger partial charge in [0.1, 0.15) is 0 Å². The molecule has 0 radical (unpaired) electrons. The summed E-state index contributed by atoms with van der Waals surface area (Å²) in [5.41, 5.74) is 23.3. The second-order valence-electron chi connectivity index (χ2n) is 17.5. The van der Waals surface area contributed by atoms with E-state index in [2.05, 4.69) is 65.0 Å². The summed E-state index contributed by atoms with van der Waals surface area (Å²) in [5, 5.41) is 72.6. The average Bonchev–Trinajstić information content (AvgIpc) is 3.36. The standard InChI is InChI=1S/C15H29NO2.2C14H27NO2.C14H25NO2.CH4/c1-3-4-6-9-13(2)10-7-5-8-11-15(18)14(16)12-17;3*1-2-3-4-5-6-7-8-9-10-11-14(17)13(15)12-16;/h8,10-11,14-15,17-18H,3-7,9,12,16H2,1-2H3;8-11,13-14,16-17H,2-7,12,15H2,1H3;6-7,10-11,13-14,16-17H,2-5,8-9,12,15H2,1H3;6-11,13-14,16-17H,2-5,12,15H2,1H3;1H4/b11-8+,13-10+;9-8+,11-10+;7-6+,11-10+;7-6+,9-8+,11-10+;/t14-,15+;3*13-,14+;/m0000./s1. The Hall–Kier alpha value is -2.82. The van der Waals surface area contributed by atoms with E-state index >= 15 is 0 Å². The van der Waals surface area contributed by atoms with Crippen molar-refractivity contribution in [2.45, 2.75) is 232 Å². The highest BCUT2D eigenvalue weighted by Gasteiger charge is 2.10. The molecule has 8 atom stereocenters. The van der Waals surface area contributed by atoms with Crippen LogP contribution < -0.4 is 22.9 Å². The van der Waals surface area contributed by atoms with E-state index in [0.29, 0.717) is 0 Å². The first kappa shape index (κ1) is 76.1. The zero-order valence-corrected chi connectivity index (χ0v) is 44.2. The van der Waals surface area contributed by atoms with Crippen LogP contribution in [-0.2, 0) is 0 Å². The predicted octanol–water partition coefficient (Wildman–Crippen LogP) is 9.36. The molecule has 0 saturated carbocycles. The number of aliphatic hydroxyl groups is 8. The van der Waals surface area contributed by atoms with Crippen molar-refractivity contribution in [2.24, 2.45) is 22.9 Å². The summed E-state index contributed by atoms with van der Waals surface area (Å²) in [6.45, 7) is 10.2. The largest absolute Gasteiger partial charge is 0.395 e. The third-order valence-corrected chi connectivity index (χ3v) is 10.7. The quantitative estimate of drug-likeness (QED) is 0.0156. The molecule has 0 unspecified atom stereocenters. The molecular weight excluding hydrogens is 881 g/mol. The van der Waals surface area contributed by atoms with E-state index in [0.717, 1.165) is 44.9 Å². The summed E-state index contributed by atoms with van der Waals surface area (Å²) >= 11 is 0. The fraction of sp³-hybridized carbons (Fsp3) is 0.690. The summed E-state index contributed by atoms with van der Waals surface area (Å²) in [6.07, 6.45) is 55.6. The lowest BCUT2D eigenvalue weighted by atomic mass is 10.1. The van der Waals surface area contributed by atoms with E-state index in [1.165, 1.54) is 102 Å². The van der Waals surface area contributed by atoms with Crippen LogP contribution in [0.25, 0.3) is 0 Å². The van der Waals surface area contributed by atoms with Crippen molar-refractivity contribution in [3.05, 3.63) is 109 Å². The highest BCUT2D eigenvalue weighted by atomic mass is 16.3. The van der Waals surface area contributed by atoms with Crippen LogP contribution in [-0.4, -0.2) is 116 Å². The van der Waals surface area contributed by atoms with Crippen molar-refractivity contribution in [1.29, 1.82) is 0 Å². The van der Waals surface area contributed by atoms with Gasteiger partial charge in [-0.3, -0.25) is 0 Å². The molecule has 70 heavy (non-hydrogen) atoms. The number of aliphatic hydroxyl groups excluding tert-OH is 8. The number of hydrogen-bond donors (Lipinski definition) is 12. The van der Waals surface area contributed by atoms with Crippen LogP contribution >= 0.6 is 0 Å². The van der Waals surface area contributed by atoms with Crippen molar-refractivity contribution in [3.63, 3.8) is 0 Å². The summed E-state index contributed by atoms with van der Waals surface area (Å²) in [4.78, 5) is 0. The molecule has 0 saturated heterocycles. The smallest absolute Gasteiger partial charge is 0.0897 e. The van der Waals surface area contributed by atoms with Gasteiger partial charge in [0.15, 0.2) is 0 Å². The van der Waals surface area contributed by atoms with Gasteiger partial charge in [0.25, 0.3) is 0 Å². The maximum absolute atomic E-state index is 9.48. The summed E-state index contributed by atoms with van der Waals surface area (Å²) in [5.74, 6) is 0. The minimum Gasteiger partial charge on any atom is -0.395 e. The van der Waals surface area contributed by atoms with Crippen molar-refractivity contribution in [3.8, 4) is 0 Å². The van der Waals surface area contributed by atoms with E-state index < -0.39 is 48.6 Å². The Morgan fingerprint density at radius 1 is 0.357 bits per heavy atom. The van der Waals surface area contributed by atoms with Crippen molar-refractivity contribution >= 4 is 0 Å². The van der Waals surface area contributed by atoms with Gasteiger partial charge in [-0.1, -0.05) is 208 Å². The van der Waals surface area contributed by atoms with Crippen LogP contribution in [0.4, 0.5) is 0 Å². The lowest BCUT2D eigenvalue weighted by molar-refractivity contribution is 0.143. The molecule has 12 heteroatoms. The van der Waals surface area contributed by atoms with Gasteiger partial charge in [-0.05, 0) is 84.0 Å². The van der Waals surface area contributed by atoms with Crippen molar-refractivity contribution in [2.75, 3.05) is 26.4 Å². The Morgan fingerprint density at radius 2 is 0.671 bits per heavy atom. The third-order valence-electron chi connectivity index (χ3n) is 10.7. The van der Waals surface area contributed by atoms with E-state index in [1.807, 2.05) is 36.5 Å². The van der Waals surface area contributed by atoms with Gasteiger partial charge < -0.3 is 63.8 Å². The van der Waals surface area contributed by atoms with Gasteiger partial charge in [-0.2, -0.15) is 0 Å². The SMILES string of the molecule is C.CCCCC/C(C)=C/CC/C=C/[C@@H](O)[C@@H](N)CO.CCCCC/C=C/C=C/C=C/[C@@H](O)[C@@H](N)CO.CCCCC/C=C/CC/C=C/[C@@H](O)[C@@H](N)CO.CCCCCCC/C=C/C=C/[C@@H](O)[C@@H](N)CO. The molecule has 12 nitrogen and oxygen atoms in total. The third kappa shape index (κ3) is 59.5. The molecule has 0 spiro atoms. The molecule has 0 rings (SSSR count). The van der Waals surface area contributed by atoms with Crippen molar-refractivity contribution in [1.82, 2.24) is 0 Å². The van der Waals surface area contributed by atoms with E-state index in [9.17, 15) is 20.4 Å². The fourth-order valence-corrected chi connectivity index (χ4v) is 5.81. The number of allylic oxidation sites excluding steroid dienone is 14. The van der Waals surface area contributed by atoms with Crippen LogP contribution in [0.15, 0.2) is 109 Å². The second-order valence-corrected chi connectivity index (χ2v) is 17.5. The molecule has 0 aliphatic carbocycles. The van der Waals surface area contributed by atoms with Crippen LogP contribution in [0.2, 0.25) is 0 Å². The van der Waals surface area contributed by atoms with Gasteiger partial charge >= 0.3 is 0 Å². The second kappa shape index (κ2) is 62.3. The van der Waals surface area contributed by atoms with Crippen LogP contribution in [0.3, 0.4) is 0 Å². The van der Waals surface area contributed by atoms with Gasteiger partial charge in [0, 0.05) is 0 Å². The summed E-state index contributed by atoms with van der Waals surface area (Å²) in [6, 6.07) is -2.35. The Balaban J connectivity index is -0.000000267. The molecule has 0 heterocycles. The van der Waals surface area contributed by atoms with E-state index in [4.69, 9.17) is 43.4 Å². The fourth-order valence-electron chi connectivity index (χ4n) is 5.81. The van der Waals surface area contributed by atoms with Crippen LogP contribution in [0, 0.1) is 0 Å². The van der Waals surface area contributed by atoms with Gasteiger partial charge in [0.2, 0.25) is 0 Å². The molecule has 0 aliphatic heterocycles. The zero-order valence-electron chi connectivity index (χ0n) is 44.2. The molecular formula is C58H112N4O8. The molecule has 0 aromatic rings. The van der Waals surface area contributed by atoms with Crippen molar-refractivity contribution < 1.29 is 40.9 Å². The highest BCUT2D eigenvalue weighted by Crippen LogP contribution is 2.10. The highest BCUT2D eigenvalue weighted by molar-refractivity contribution is 5.13. The Kier molecular flexibility index (Phi) is 67.7. The average molecular weight is 994 g/mol. The molecule has 0 aliphatic rings. The molecule has 16 N–H and O–H groups in total. The Labute approximate surface area is 429 Å². The minimum absolute atomic E-state index is 0. The van der Waals surface area contributed by atoms with Crippen LogP contribution in [0.1, 0.15) is 183 Å². The molecule has 412 valence electrons. The van der Waals surface area contributed by atoms with Gasteiger partial charge in [-0.15, -0.1) is 0 Å². The topological polar surface area (TPSA) is 266 Å². The van der Waals surface area contributed by atoms with E-state index in [-0.39, 0.29) is 33.9 Å². The first-order chi connectivity index (χ1) is 33.3. The summed E-state index contributed by atoms with van der Waals surface area (Å²) < 4.78 is 0. The molecule has 0 aromatic carbocycles. The molecule has 0 fully saturated rings. The first-order valence-electron chi connectivity index (χ1n) is 26.4. The minimum atomic E-state index is -0.793. The van der Waals surface area contributed by atoms with Gasteiger partial charge in [-0.25, -0.2) is 0 Å².